The topological polar surface area (TPSA) is 82.8 Å². The predicted molar refractivity (Wildman–Crippen MR) is 83.9 cm³/mol. The Kier molecular flexibility index (Phi) is 4.74. The molecule has 0 saturated heterocycles. The first-order chi connectivity index (χ1) is 9.83. The third kappa shape index (κ3) is 3.66. The number of hydrogen-bond acceptors (Lipinski definition) is 4. The Balaban J connectivity index is 2.48. The van der Waals surface area contributed by atoms with E-state index in [1.165, 1.54) is 30.5 Å². The lowest BCUT2D eigenvalue weighted by atomic mass is 10.2. The summed E-state index contributed by atoms with van der Waals surface area (Å²) >= 11 is 14.9. The molecule has 1 heterocycles. The van der Waals surface area contributed by atoms with Gasteiger partial charge in [-0.25, -0.2) is 13.4 Å². The Morgan fingerprint density at radius 2 is 2.00 bits per heavy atom. The molecule has 0 bridgehead atoms. The lowest BCUT2D eigenvalue weighted by Gasteiger charge is -2.11. The van der Waals surface area contributed by atoms with E-state index in [0.717, 1.165) is 0 Å². The minimum atomic E-state index is -3.99. The van der Waals surface area contributed by atoms with Crippen molar-refractivity contribution in [3.8, 4) is 6.07 Å². The lowest BCUT2D eigenvalue weighted by molar-refractivity contribution is 0.601. The van der Waals surface area contributed by atoms with E-state index in [2.05, 4.69) is 25.6 Å². The van der Waals surface area contributed by atoms with Crippen molar-refractivity contribution in [2.75, 3.05) is 4.72 Å². The average Bonchev–Trinajstić information content (AvgIpc) is 2.43. The van der Waals surface area contributed by atoms with Gasteiger partial charge in [0.1, 0.15) is 4.90 Å². The van der Waals surface area contributed by atoms with Crippen LogP contribution in [0.15, 0.2) is 39.8 Å². The van der Waals surface area contributed by atoms with Crippen LogP contribution in [0.1, 0.15) is 5.56 Å². The molecule has 0 unspecified atom stereocenters. The number of aromatic nitrogens is 1. The van der Waals surface area contributed by atoms with Crippen LogP contribution in [0.4, 0.5) is 5.69 Å². The molecule has 1 aromatic carbocycles. The summed E-state index contributed by atoms with van der Waals surface area (Å²) < 4.78 is 27.5. The van der Waals surface area contributed by atoms with Gasteiger partial charge in [-0.1, -0.05) is 23.2 Å². The minimum Gasteiger partial charge on any atom is -0.276 e. The number of rotatable bonds is 3. The second kappa shape index (κ2) is 6.20. The molecule has 0 aliphatic rings. The number of hydrogen-bond donors (Lipinski definition) is 1. The zero-order chi connectivity index (χ0) is 15.6. The Labute approximate surface area is 139 Å². The molecule has 21 heavy (non-hydrogen) atoms. The molecule has 0 spiro atoms. The number of halogens is 3. The monoisotopic (exact) mass is 405 g/mol. The van der Waals surface area contributed by atoms with Gasteiger partial charge in [0.15, 0.2) is 5.15 Å². The number of nitrogens with zero attached hydrogens (tertiary/aromatic N) is 2. The second-order valence-electron chi connectivity index (χ2n) is 3.85. The molecule has 0 aliphatic carbocycles. The van der Waals surface area contributed by atoms with Gasteiger partial charge in [-0.15, -0.1) is 0 Å². The third-order valence-electron chi connectivity index (χ3n) is 2.40. The van der Waals surface area contributed by atoms with Crippen molar-refractivity contribution in [2.24, 2.45) is 0 Å². The van der Waals surface area contributed by atoms with Crippen molar-refractivity contribution in [1.29, 1.82) is 5.26 Å². The average molecular weight is 407 g/mol. The van der Waals surface area contributed by atoms with Crippen molar-refractivity contribution in [3.63, 3.8) is 0 Å². The summed E-state index contributed by atoms with van der Waals surface area (Å²) in [4.78, 5) is 3.61. The smallest absolute Gasteiger partial charge is 0.263 e. The number of nitrogens with one attached hydrogen (secondary N) is 1. The van der Waals surface area contributed by atoms with Crippen molar-refractivity contribution >= 4 is 54.8 Å². The zero-order valence-electron chi connectivity index (χ0n) is 10.1. The van der Waals surface area contributed by atoms with Crippen LogP contribution >= 0.6 is 39.1 Å². The molecule has 1 aromatic heterocycles. The largest absolute Gasteiger partial charge is 0.276 e. The number of anilines is 1. The van der Waals surface area contributed by atoms with E-state index < -0.39 is 10.0 Å². The maximum absolute atomic E-state index is 12.3. The molecule has 0 atom stereocenters. The van der Waals surface area contributed by atoms with Gasteiger partial charge in [0.2, 0.25) is 0 Å². The summed E-state index contributed by atoms with van der Waals surface area (Å²) in [6.07, 6.45) is 1.43. The Morgan fingerprint density at radius 1 is 1.29 bits per heavy atom. The highest BCUT2D eigenvalue weighted by Gasteiger charge is 2.20. The highest BCUT2D eigenvalue weighted by atomic mass is 79.9. The summed E-state index contributed by atoms with van der Waals surface area (Å²) in [6.45, 7) is 0. The highest BCUT2D eigenvalue weighted by molar-refractivity contribution is 9.10. The molecule has 0 radical (unpaired) electrons. The van der Waals surface area contributed by atoms with Gasteiger partial charge in [0, 0.05) is 10.7 Å². The van der Waals surface area contributed by atoms with Crippen LogP contribution in [0, 0.1) is 11.3 Å². The van der Waals surface area contributed by atoms with Crippen molar-refractivity contribution in [3.05, 3.63) is 50.7 Å². The summed E-state index contributed by atoms with van der Waals surface area (Å²) in [5, 5.41) is 8.84. The first kappa shape index (κ1) is 16.0. The molecule has 2 rings (SSSR count). The first-order valence-electron chi connectivity index (χ1n) is 5.37. The van der Waals surface area contributed by atoms with E-state index in [0.29, 0.717) is 4.47 Å². The van der Waals surface area contributed by atoms with Gasteiger partial charge in [0.05, 0.1) is 22.3 Å². The number of pyridine rings is 1. The molecule has 2 aromatic rings. The van der Waals surface area contributed by atoms with Crippen molar-refractivity contribution in [1.82, 2.24) is 4.98 Å². The third-order valence-corrected chi connectivity index (χ3v) is 4.98. The molecular weight excluding hydrogens is 401 g/mol. The molecule has 0 amide bonds. The van der Waals surface area contributed by atoms with Crippen LogP contribution in [0.5, 0.6) is 0 Å². The summed E-state index contributed by atoms with van der Waals surface area (Å²) in [7, 11) is -3.99. The van der Waals surface area contributed by atoms with E-state index in [1.807, 2.05) is 6.07 Å². The fraction of sp³-hybridized carbons (Fsp3) is 0. The molecule has 9 heteroatoms. The van der Waals surface area contributed by atoms with Gasteiger partial charge in [0.25, 0.3) is 10.0 Å². The quantitative estimate of drug-likeness (QED) is 0.785. The Morgan fingerprint density at radius 3 is 2.67 bits per heavy atom. The van der Waals surface area contributed by atoms with Crippen LogP contribution in [0.3, 0.4) is 0 Å². The van der Waals surface area contributed by atoms with Gasteiger partial charge in [-0.3, -0.25) is 4.72 Å². The Hall–Kier alpha value is -1.33. The summed E-state index contributed by atoms with van der Waals surface area (Å²) in [5.41, 5.74) is 0.280. The van der Waals surface area contributed by atoms with Crippen LogP contribution < -0.4 is 4.72 Å². The van der Waals surface area contributed by atoms with Gasteiger partial charge in [-0.05, 0) is 40.2 Å². The van der Waals surface area contributed by atoms with E-state index >= 15 is 0 Å². The minimum absolute atomic E-state index is 0.000536. The first-order valence-corrected chi connectivity index (χ1v) is 8.40. The molecular formula is C12H6BrCl2N3O2S. The molecule has 0 aliphatic heterocycles. The van der Waals surface area contributed by atoms with Crippen molar-refractivity contribution < 1.29 is 8.42 Å². The molecule has 0 saturated carbocycles. The van der Waals surface area contributed by atoms with Gasteiger partial charge >= 0.3 is 0 Å². The number of sulfonamides is 1. The van der Waals surface area contributed by atoms with E-state index in [4.69, 9.17) is 28.5 Å². The molecule has 1 N–H and O–H groups in total. The van der Waals surface area contributed by atoms with Crippen molar-refractivity contribution in [2.45, 2.75) is 4.90 Å². The van der Waals surface area contributed by atoms with E-state index in [-0.39, 0.29) is 26.3 Å². The van der Waals surface area contributed by atoms with E-state index in [1.54, 1.807) is 0 Å². The van der Waals surface area contributed by atoms with Crippen LogP contribution in [0.25, 0.3) is 0 Å². The Bertz CT molecular complexity index is 850. The standard InChI is InChI=1S/C12H6BrCl2N3O2S/c13-8-4-10(12(15)17-6-8)18-21(19,20)11-3-7(5-16)1-2-9(11)14/h1-4,6,18H. The fourth-order valence-corrected chi connectivity index (χ4v) is 3.59. The molecule has 5 nitrogen and oxygen atoms in total. The highest BCUT2D eigenvalue weighted by Crippen LogP contribution is 2.28. The zero-order valence-corrected chi connectivity index (χ0v) is 14.1. The van der Waals surface area contributed by atoms with Crippen LogP contribution in [-0.2, 0) is 10.0 Å². The summed E-state index contributed by atoms with van der Waals surface area (Å²) in [6, 6.07) is 7.27. The van der Waals surface area contributed by atoms with Crippen LogP contribution in [-0.4, -0.2) is 13.4 Å². The predicted octanol–water partition coefficient (Wildman–Crippen LogP) is 3.82. The maximum atomic E-state index is 12.3. The van der Waals surface area contributed by atoms with Gasteiger partial charge in [-0.2, -0.15) is 5.26 Å². The SMILES string of the molecule is N#Cc1ccc(Cl)c(S(=O)(=O)Nc2cc(Br)cnc2Cl)c1. The normalized spacial score (nSPS) is 11.0. The summed E-state index contributed by atoms with van der Waals surface area (Å²) in [5.74, 6) is 0. The van der Waals surface area contributed by atoms with Gasteiger partial charge < -0.3 is 0 Å². The van der Waals surface area contributed by atoms with E-state index in [9.17, 15) is 8.42 Å². The molecule has 108 valence electrons. The maximum Gasteiger partial charge on any atom is 0.263 e. The fourth-order valence-electron chi connectivity index (χ4n) is 1.47. The lowest BCUT2D eigenvalue weighted by Crippen LogP contribution is -2.14. The van der Waals surface area contributed by atoms with Crippen LogP contribution in [0.2, 0.25) is 10.2 Å². The number of nitriles is 1. The molecule has 0 fully saturated rings. The second-order valence-corrected chi connectivity index (χ2v) is 7.19. The number of benzene rings is 1.